The van der Waals surface area contributed by atoms with E-state index in [-0.39, 0.29) is 5.54 Å². The van der Waals surface area contributed by atoms with Gasteiger partial charge in [-0.15, -0.1) is 0 Å². The molecule has 31 heavy (non-hydrogen) atoms. The van der Waals surface area contributed by atoms with Crippen molar-refractivity contribution in [3.8, 4) is 16.9 Å². The molecule has 0 unspecified atom stereocenters. The summed E-state index contributed by atoms with van der Waals surface area (Å²) in [6.45, 7) is 0.772. The molecule has 0 saturated heterocycles. The summed E-state index contributed by atoms with van der Waals surface area (Å²) >= 11 is 6.55. The van der Waals surface area contributed by atoms with Gasteiger partial charge in [-0.3, -0.25) is 4.98 Å². The minimum Gasteiger partial charge on any atom is -0.490 e. The topological polar surface area (TPSA) is 34.2 Å². The van der Waals surface area contributed by atoms with E-state index in [1.165, 1.54) is 35.1 Å². The van der Waals surface area contributed by atoms with Crippen LogP contribution in [0.25, 0.3) is 11.1 Å². The first kappa shape index (κ1) is 19.3. The van der Waals surface area contributed by atoms with Gasteiger partial charge in [-0.2, -0.15) is 0 Å². The molecule has 1 heterocycles. The van der Waals surface area contributed by atoms with Crippen molar-refractivity contribution in [2.75, 3.05) is 0 Å². The first-order valence-corrected chi connectivity index (χ1v) is 11.8. The second-order valence-corrected chi connectivity index (χ2v) is 9.70. The standard InChI is InChI=1S/C27H27ClN2O/c28-25-10-7-19(18-5-6-18)15-20(25)16-30-27(12-13-27)24-17-29-14-11-22(24)23-3-1-2-4-26(23)31-21-8-9-21/h1-4,7,10-11,14-15,17-18,21,30H,5-6,8-9,12-13,16H2. The summed E-state index contributed by atoms with van der Waals surface area (Å²) < 4.78 is 6.23. The monoisotopic (exact) mass is 430 g/mol. The fourth-order valence-corrected chi connectivity index (χ4v) is 4.68. The fourth-order valence-electron chi connectivity index (χ4n) is 4.50. The van der Waals surface area contributed by atoms with E-state index >= 15 is 0 Å². The summed E-state index contributed by atoms with van der Waals surface area (Å²) in [6, 6.07) is 17.1. The van der Waals surface area contributed by atoms with E-state index in [0.29, 0.717) is 6.10 Å². The molecule has 0 bridgehead atoms. The molecule has 3 saturated carbocycles. The molecule has 3 aromatic rings. The van der Waals surface area contributed by atoms with Gasteiger partial charge in [-0.1, -0.05) is 41.9 Å². The highest BCUT2D eigenvalue weighted by Crippen LogP contribution is 2.50. The van der Waals surface area contributed by atoms with Gasteiger partial charge in [-0.05, 0) is 84.9 Å². The maximum absolute atomic E-state index is 6.55. The number of nitrogens with one attached hydrogen (secondary N) is 1. The van der Waals surface area contributed by atoms with Crippen LogP contribution < -0.4 is 10.1 Å². The Hall–Kier alpha value is -2.36. The van der Waals surface area contributed by atoms with Crippen molar-refractivity contribution in [3.05, 3.63) is 82.6 Å². The maximum atomic E-state index is 6.55. The number of hydrogen-bond donors (Lipinski definition) is 1. The molecule has 0 atom stereocenters. The lowest BCUT2D eigenvalue weighted by atomic mass is 9.94. The predicted molar refractivity (Wildman–Crippen MR) is 125 cm³/mol. The summed E-state index contributed by atoms with van der Waals surface area (Å²) in [7, 11) is 0. The van der Waals surface area contributed by atoms with E-state index < -0.39 is 0 Å². The quantitative estimate of drug-likeness (QED) is 0.437. The highest BCUT2D eigenvalue weighted by atomic mass is 35.5. The van der Waals surface area contributed by atoms with Crippen LogP contribution in [0, 0.1) is 0 Å². The Morgan fingerprint density at radius 3 is 2.61 bits per heavy atom. The van der Waals surface area contributed by atoms with Gasteiger partial charge in [0.25, 0.3) is 0 Å². The van der Waals surface area contributed by atoms with Crippen molar-refractivity contribution in [2.45, 2.75) is 62.6 Å². The normalized spacial score (nSPS) is 19.3. The third-order valence-corrected chi connectivity index (χ3v) is 7.19. The zero-order chi connectivity index (χ0) is 20.8. The molecule has 158 valence electrons. The van der Waals surface area contributed by atoms with Crippen LogP contribution in [-0.2, 0) is 12.1 Å². The average Bonchev–Trinajstić information content (AvgIpc) is 3.65. The maximum Gasteiger partial charge on any atom is 0.127 e. The summed E-state index contributed by atoms with van der Waals surface area (Å²) in [5.41, 5.74) is 6.22. The molecular weight excluding hydrogens is 404 g/mol. The highest BCUT2D eigenvalue weighted by molar-refractivity contribution is 6.31. The van der Waals surface area contributed by atoms with E-state index in [0.717, 1.165) is 54.5 Å². The number of pyridine rings is 1. The summed E-state index contributed by atoms with van der Waals surface area (Å²) in [6.07, 6.45) is 11.4. The molecule has 6 rings (SSSR count). The minimum atomic E-state index is -0.0464. The van der Waals surface area contributed by atoms with Crippen LogP contribution >= 0.6 is 11.6 Å². The summed E-state index contributed by atoms with van der Waals surface area (Å²) in [5.74, 6) is 1.72. The highest BCUT2D eigenvalue weighted by Gasteiger charge is 2.46. The van der Waals surface area contributed by atoms with E-state index in [2.05, 4.69) is 58.8 Å². The van der Waals surface area contributed by atoms with Crippen LogP contribution in [0.2, 0.25) is 5.02 Å². The number of halogens is 1. The lowest BCUT2D eigenvalue weighted by Gasteiger charge is -2.23. The van der Waals surface area contributed by atoms with Crippen LogP contribution in [-0.4, -0.2) is 11.1 Å². The molecule has 4 heteroatoms. The van der Waals surface area contributed by atoms with Crippen LogP contribution in [0.3, 0.4) is 0 Å². The molecule has 2 aromatic carbocycles. The first-order chi connectivity index (χ1) is 15.2. The number of para-hydroxylation sites is 1. The van der Waals surface area contributed by atoms with Crippen molar-refractivity contribution >= 4 is 11.6 Å². The van der Waals surface area contributed by atoms with Crippen LogP contribution in [0.5, 0.6) is 5.75 Å². The average molecular weight is 431 g/mol. The van der Waals surface area contributed by atoms with Gasteiger partial charge in [-0.25, -0.2) is 0 Å². The third kappa shape index (κ3) is 3.97. The Kier molecular flexibility index (Phi) is 4.77. The van der Waals surface area contributed by atoms with Crippen LogP contribution in [0.15, 0.2) is 60.9 Å². The number of hydrogen-bond acceptors (Lipinski definition) is 3. The van der Waals surface area contributed by atoms with E-state index in [1.54, 1.807) is 0 Å². The third-order valence-electron chi connectivity index (χ3n) is 6.82. The molecule has 3 aliphatic rings. The van der Waals surface area contributed by atoms with Gasteiger partial charge in [0.2, 0.25) is 0 Å². The van der Waals surface area contributed by atoms with E-state index in [1.807, 2.05) is 12.4 Å². The van der Waals surface area contributed by atoms with Gasteiger partial charge in [0, 0.05) is 35.1 Å². The van der Waals surface area contributed by atoms with Gasteiger partial charge in [0.1, 0.15) is 5.75 Å². The molecule has 3 nitrogen and oxygen atoms in total. The Morgan fingerprint density at radius 1 is 1.00 bits per heavy atom. The molecule has 1 N–H and O–H groups in total. The summed E-state index contributed by atoms with van der Waals surface area (Å²) in [4.78, 5) is 4.49. The van der Waals surface area contributed by atoms with Gasteiger partial charge in [0.05, 0.1) is 6.10 Å². The molecule has 3 aliphatic carbocycles. The predicted octanol–water partition coefficient (Wildman–Crippen LogP) is 6.60. The zero-order valence-corrected chi connectivity index (χ0v) is 18.4. The Balaban J connectivity index is 1.29. The van der Waals surface area contributed by atoms with Crippen LogP contribution in [0.4, 0.5) is 0 Å². The molecular formula is C27H27ClN2O. The molecule has 0 amide bonds. The van der Waals surface area contributed by atoms with E-state index in [4.69, 9.17) is 16.3 Å². The summed E-state index contributed by atoms with van der Waals surface area (Å²) in [5, 5.41) is 4.70. The molecule has 1 aromatic heterocycles. The van der Waals surface area contributed by atoms with Crippen molar-refractivity contribution in [1.29, 1.82) is 0 Å². The number of rotatable bonds is 8. The number of benzene rings is 2. The SMILES string of the molecule is Clc1ccc(C2CC2)cc1CNC1(c2cnccc2-c2ccccc2OC2CC2)CC1. The molecule has 0 aliphatic heterocycles. The second kappa shape index (κ2) is 7.65. The largest absolute Gasteiger partial charge is 0.490 e. The number of aromatic nitrogens is 1. The van der Waals surface area contributed by atoms with Gasteiger partial charge >= 0.3 is 0 Å². The van der Waals surface area contributed by atoms with Crippen molar-refractivity contribution in [2.24, 2.45) is 0 Å². The lowest BCUT2D eigenvalue weighted by molar-refractivity contribution is 0.304. The second-order valence-electron chi connectivity index (χ2n) is 9.30. The molecule has 0 spiro atoms. The van der Waals surface area contributed by atoms with Gasteiger partial charge in [0.15, 0.2) is 0 Å². The van der Waals surface area contributed by atoms with Crippen molar-refractivity contribution in [3.63, 3.8) is 0 Å². The Morgan fingerprint density at radius 2 is 1.84 bits per heavy atom. The molecule has 3 fully saturated rings. The molecule has 0 radical (unpaired) electrons. The first-order valence-electron chi connectivity index (χ1n) is 11.5. The Bertz CT molecular complexity index is 1120. The zero-order valence-electron chi connectivity index (χ0n) is 17.6. The Labute approximate surface area is 188 Å². The number of nitrogens with zero attached hydrogens (tertiary/aromatic N) is 1. The smallest absolute Gasteiger partial charge is 0.127 e. The number of ether oxygens (including phenoxy) is 1. The van der Waals surface area contributed by atoms with Gasteiger partial charge < -0.3 is 10.1 Å². The van der Waals surface area contributed by atoms with Crippen molar-refractivity contribution < 1.29 is 4.74 Å². The fraction of sp³-hybridized carbons (Fsp3) is 0.370. The minimum absolute atomic E-state index is 0.0464. The lowest BCUT2D eigenvalue weighted by Crippen LogP contribution is -2.29. The van der Waals surface area contributed by atoms with E-state index in [9.17, 15) is 0 Å². The van der Waals surface area contributed by atoms with Crippen molar-refractivity contribution in [1.82, 2.24) is 10.3 Å². The van der Waals surface area contributed by atoms with Crippen LogP contribution in [0.1, 0.15) is 61.1 Å².